The summed E-state index contributed by atoms with van der Waals surface area (Å²) in [5.74, 6) is 0.940. The zero-order valence-electron chi connectivity index (χ0n) is 17.9. The normalized spacial score (nSPS) is 11.1. The molecule has 1 amide bonds. The Hall–Kier alpha value is -1.01. The van der Waals surface area contributed by atoms with Gasteiger partial charge in [0.25, 0.3) is 0 Å². The summed E-state index contributed by atoms with van der Waals surface area (Å²) in [7, 11) is 0. The Morgan fingerprint density at radius 1 is 0.966 bits per heavy atom. The molecule has 0 saturated heterocycles. The van der Waals surface area contributed by atoms with Crippen LogP contribution in [0.3, 0.4) is 0 Å². The number of rotatable bonds is 16. The molecule has 0 spiro atoms. The number of unbranched alkanes of at least 4 members (excludes halogenated alkanes) is 5. The highest BCUT2D eigenvalue weighted by atomic mass is 35.5. The van der Waals surface area contributed by atoms with Crippen molar-refractivity contribution in [2.45, 2.75) is 70.8 Å². The summed E-state index contributed by atoms with van der Waals surface area (Å²) in [4.78, 5) is 14.7. The van der Waals surface area contributed by atoms with Gasteiger partial charge in [0.1, 0.15) is 5.75 Å². The van der Waals surface area contributed by atoms with Gasteiger partial charge in [0.05, 0.1) is 12.6 Å². The first kappa shape index (κ1) is 30.2. The summed E-state index contributed by atoms with van der Waals surface area (Å²) >= 11 is 0. The first-order chi connectivity index (χ1) is 13.2. The van der Waals surface area contributed by atoms with Gasteiger partial charge in [-0.1, -0.05) is 57.2 Å². The van der Waals surface area contributed by atoms with E-state index in [0.29, 0.717) is 26.1 Å². The van der Waals surface area contributed by atoms with Crippen LogP contribution < -0.4 is 16.2 Å². The lowest BCUT2D eigenvalue weighted by atomic mass is 10.1. The van der Waals surface area contributed by atoms with E-state index < -0.39 is 6.04 Å². The van der Waals surface area contributed by atoms with Gasteiger partial charge in [-0.25, -0.2) is 0 Å². The van der Waals surface area contributed by atoms with E-state index in [1.807, 2.05) is 35.2 Å². The number of amides is 1. The predicted molar refractivity (Wildman–Crippen MR) is 127 cm³/mol. The quantitative estimate of drug-likeness (QED) is 0.362. The SMILES string of the molecule is CCCCCCCN(CCCOc1ccccc1)C(=O)[C@@H](N)CCCCN.Cl.Cl. The first-order valence-corrected chi connectivity index (χ1v) is 10.6. The van der Waals surface area contributed by atoms with Crippen molar-refractivity contribution in [3.63, 3.8) is 0 Å². The molecule has 0 aliphatic heterocycles. The molecule has 0 unspecified atom stereocenters. The second kappa shape index (κ2) is 20.3. The molecule has 4 N–H and O–H groups in total. The van der Waals surface area contributed by atoms with Crippen molar-refractivity contribution < 1.29 is 9.53 Å². The van der Waals surface area contributed by atoms with E-state index in [9.17, 15) is 4.79 Å². The highest BCUT2D eigenvalue weighted by Crippen LogP contribution is 2.10. The van der Waals surface area contributed by atoms with Crippen molar-refractivity contribution in [2.75, 3.05) is 26.2 Å². The van der Waals surface area contributed by atoms with E-state index in [0.717, 1.165) is 38.0 Å². The predicted octanol–water partition coefficient (Wildman–Crippen LogP) is 4.55. The summed E-state index contributed by atoms with van der Waals surface area (Å²) in [6.07, 6.45) is 9.28. The van der Waals surface area contributed by atoms with E-state index >= 15 is 0 Å². The van der Waals surface area contributed by atoms with Gasteiger partial charge in [0.2, 0.25) is 5.91 Å². The maximum Gasteiger partial charge on any atom is 0.239 e. The molecule has 1 atom stereocenters. The molecule has 0 bridgehead atoms. The van der Waals surface area contributed by atoms with Crippen LogP contribution in [-0.4, -0.2) is 43.1 Å². The van der Waals surface area contributed by atoms with E-state index in [-0.39, 0.29) is 30.7 Å². The third-order valence-corrected chi connectivity index (χ3v) is 4.71. The number of nitrogens with two attached hydrogens (primary N) is 2. The third-order valence-electron chi connectivity index (χ3n) is 4.71. The Labute approximate surface area is 189 Å². The molecule has 0 saturated carbocycles. The molecule has 0 aliphatic rings. The van der Waals surface area contributed by atoms with Crippen LogP contribution in [0.25, 0.3) is 0 Å². The van der Waals surface area contributed by atoms with Crippen molar-refractivity contribution in [3.8, 4) is 5.75 Å². The monoisotopic (exact) mass is 449 g/mol. The molecule has 29 heavy (non-hydrogen) atoms. The van der Waals surface area contributed by atoms with Gasteiger partial charge in [0.15, 0.2) is 0 Å². The molecule has 0 aliphatic carbocycles. The number of hydrogen-bond donors (Lipinski definition) is 2. The molecule has 0 radical (unpaired) electrons. The first-order valence-electron chi connectivity index (χ1n) is 10.6. The Morgan fingerprint density at radius 2 is 1.62 bits per heavy atom. The standard InChI is InChI=1S/C22H39N3O2.2ClH/c1-2-3-4-5-11-17-25(22(26)21(24)15-9-10-16-23)18-12-19-27-20-13-7-6-8-14-20;;/h6-8,13-14,21H,2-5,9-12,15-19,23-24H2,1H3;2*1H/t21-;;/m0../s1. The Morgan fingerprint density at radius 3 is 2.28 bits per heavy atom. The van der Waals surface area contributed by atoms with Crippen LogP contribution >= 0.6 is 24.8 Å². The van der Waals surface area contributed by atoms with Crippen molar-refractivity contribution in [3.05, 3.63) is 30.3 Å². The molecule has 0 fully saturated rings. The third kappa shape index (κ3) is 14.6. The van der Waals surface area contributed by atoms with Crippen molar-refractivity contribution in [1.82, 2.24) is 4.90 Å². The van der Waals surface area contributed by atoms with Gasteiger partial charge in [-0.05, 0) is 44.4 Å². The van der Waals surface area contributed by atoms with E-state index in [4.69, 9.17) is 16.2 Å². The summed E-state index contributed by atoms with van der Waals surface area (Å²) in [6, 6.07) is 9.37. The average molecular weight is 450 g/mol. The molecule has 1 aromatic carbocycles. The second-order valence-corrected chi connectivity index (χ2v) is 7.15. The topological polar surface area (TPSA) is 81.6 Å². The van der Waals surface area contributed by atoms with Crippen LogP contribution in [0.5, 0.6) is 5.75 Å². The molecule has 5 nitrogen and oxygen atoms in total. The molecule has 7 heteroatoms. The van der Waals surface area contributed by atoms with E-state index in [1.54, 1.807) is 0 Å². The van der Waals surface area contributed by atoms with Crippen molar-refractivity contribution in [2.24, 2.45) is 11.5 Å². The van der Waals surface area contributed by atoms with Crippen LogP contribution in [0, 0.1) is 0 Å². The minimum atomic E-state index is -0.415. The zero-order chi connectivity index (χ0) is 19.7. The van der Waals surface area contributed by atoms with Gasteiger partial charge < -0.3 is 21.1 Å². The van der Waals surface area contributed by atoms with E-state index in [2.05, 4.69) is 6.92 Å². The number of carbonyl (C=O) groups excluding carboxylic acids is 1. The maximum absolute atomic E-state index is 12.8. The minimum Gasteiger partial charge on any atom is -0.494 e. The summed E-state index contributed by atoms with van der Waals surface area (Å²) in [5, 5.41) is 0. The van der Waals surface area contributed by atoms with Gasteiger partial charge in [-0.15, -0.1) is 24.8 Å². The fourth-order valence-electron chi connectivity index (χ4n) is 3.07. The van der Waals surface area contributed by atoms with Crippen LogP contribution in [-0.2, 0) is 4.79 Å². The van der Waals surface area contributed by atoms with E-state index in [1.165, 1.54) is 25.7 Å². The van der Waals surface area contributed by atoms with Crippen LogP contribution in [0.4, 0.5) is 0 Å². The Balaban J connectivity index is 0. The smallest absolute Gasteiger partial charge is 0.239 e. The fraction of sp³-hybridized carbons (Fsp3) is 0.682. The number of halogens is 2. The van der Waals surface area contributed by atoms with Crippen molar-refractivity contribution in [1.29, 1.82) is 0 Å². The maximum atomic E-state index is 12.8. The average Bonchev–Trinajstić information content (AvgIpc) is 2.69. The molecule has 0 aromatic heterocycles. The Kier molecular flexibility index (Phi) is 21.1. The minimum absolute atomic E-state index is 0. The molecule has 1 rings (SSSR count). The van der Waals surface area contributed by atoms with Crippen LogP contribution in [0.15, 0.2) is 30.3 Å². The summed E-state index contributed by atoms with van der Waals surface area (Å²) < 4.78 is 5.75. The van der Waals surface area contributed by atoms with Crippen molar-refractivity contribution >= 4 is 30.7 Å². The number of ether oxygens (including phenoxy) is 1. The number of hydrogen-bond acceptors (Lipinski definition) is 4. The summed E-state index contributed by atoms with van der Waals surface area (Å²) in [5.41, 5.74) is 11.7. The Bertz CT molecular complexity index is 492. The number of benzene rings is 1. The molecular formula is C22H41Cl2N3O2. The number of para-hydroxylation sites is 1. The number of carbonyl (C=O) groups is 1. The zero-order valence-corrected chi connectivity index (χ0v) is 19.5. The lowest BCUT2D eigenvalue weighted by molar-refractivity contribution is -0.133. The van der Waals surface area contributed by atoms with Gasteiger partial charge in [0, 0.05) is 13.1 Å². The molecular weight excluding hydrogens is 409 g/mol. The highest BCUT2D eigenvalue weighted by Gasteiger charge is 2.20. The van der Waals surface area contributed by atoms with Gasteiger partial charge in [-0.3, -0.25) is 4.79 Å². The second-order valence-electron chi connectivity index (χ2n) is 7.15. The van der Waals surface area contributed by atoms with Crippen LogP contribution in [0.2, 0.25) is 0 Å². The van der Waals surface area contributed by atoms with Crippen LogP contribution in [0.1, 0.15) is 64.7 Å². The van der Waals surface area contributed by atoms with Gasteiger partial charge >= 0.3 is 0 Å². The highest BCUT2D eigenvalue weighted by molar-refractivity contribution is 5.85. The summed E-state index contributed by atoms with van der Waals surface area (Å²) in [6.45, 7) is 4.95. The fourth-order valence-corrected chi connectivity index (χ4v) is 3.07. The molecule has 170 valence electrons. The lowest BCUT2D eigenvalue weighted by Gasteiger charge is -2.26. The largest absolute Gasteiger partial charge is 0.494 e. The number of nitrogens with zero attached hydrogens (tertiary/aromatic N) is 1. The van der Waals surface area contributed by atoms with Gasteiger partial charge in [-0.2, -0.15) is 0 Å². The lowest BCUT2D eigenvalue weighted by Crippen LogP contribution is -2.45. The molecule has 1 aromatic rings. The molecule has 0 heterocycles.